The van der Waals surface area contributed by atoms with E-state index in [9.17, 15) is 4.79 Å². The first-order valence-electron chi connectivity index (χ1n) is 9.01. The van der Waals surface area contributed by atoms with Crippen LogP contribution < -0.4 is 10.6 Å². The molecule has 0 bridgehead atoms. The Balaban J connectivity index is 1.53. The van der Waals surface area contributed by atoms with E-state index in [1.807, 2.05) is 26.0 Å². The van der Waals surface area contributed by atoms with E-state index in [-0.39, 0.29) is 30.6 Å². The van der Waals surface area contributed by atoms with E-state index in [0.717, 1.165) is 25.0 Å². The summed E-state index contributed by atoms with van der Waals surface area (Å²) in [6.45, 7) is 3.80. The molecule has 142 valence electrons. The lowest BCUT2D eigenvalue weighted by Gasteiger charge is -2.14. The van der Waals surface area contributed by atoms with Crippen LogP contribution in [-0.2, 0) is 11.2 Å². The van der Waals surface area contributed by atoms with Crippen molar-refractivity contribution in [2.45, 2.75) is 57.6 Å². The average Bonchev–Trinajstić information content (AvgIpc) is 3.25. The third-order valence-electron chi connectivity index (χ3n) is 4.32. The second-order valence-corrected chi connectivity index (χ2v) is 6.90. The maximum atomic E-state index is 11.7. The van der Waals surface area contributed by atoms with Gasteiger partial charge in [-0.1, -0.05) is 0 Å². The van der Waals surface area contributed by atoms with Gasteiger partial charge in [0, 0.05) is 23.7 Å². The molecule has 0 aliphatic heterocycles. The molecule has 9 heteroatoms. The Hall–Kier alpha value is -3.15. The Bertz CT molecular complexity index is 810. The van der Waals surface area contributed by atoms with Crippen LogP contribution in [0.3, 0.4) is 0 Å². The standard InChI is InChI=1S/C18H23N7O2/c1-11(2)22-18(26)27-14-4-3-12(7-14)15-8-16(25-24-15)23-17-10-20-13(5-6-19)9-21-17/h8-12,14H,3-5,7H2,1-2H3,(H,22,26)(H2,21,23,24,25)/t12-,14+/m0/s1. The lowest BCUT2D eigenvalue weighted by atomic mass is 10.0. The summed E-state index contributed by atoms with van der Waals surface area (Å²) in [4.78, 5) is 20.1. The number of nitrogens with zero attached hydrogens (tertiary/aromatic N) is 4. The summed E-state index contributed by atoms with van der Waals surface area (Å²) in [6, 6.07) is 4.04. The lowest BCUT2D eigenvalue weighted by Crippen LogP contribution is -2.33. The number of ether oxygens (including phenoxy) is 1. The number of carbonyl (C=O) groups is 1. The van der Waals surface area contributed by atoms with Gasteiger partial charge in [0.05, 0.1) is 30.6 Å². The van der Waals surface area contributed by atoms with Crippen molar-refractivity contribution in [1.29, 1.82) is 5.26 Å². The Kier molecular flexibility index (Phi) is 5.86. The fourth-order valence-electron chi connectivity index (χ4n) is 3.08. The van der Waals surface area contributed by atoms with Crippen molar-refractivity contribution in [3.8, 4) is 6.07 Å². The molecule has 3 N–H and O–H groups in total. The van der Waals surface area contributed by atoms with Gasteiger partial charge in [0.1, 0.15) is 11.9 Å². The minimum Gasteiger partial charge on any atom is -0.446 e. The highest BCUT2D eigenvalue weighted by molar-refractivity contribution is 5.67. The maximum Gasteiger partial charge on any atom is 0.407 e. The molecular formula is C18H23N7O2. The van der Waals surface area contributed by atoms with Crippen molar-refractivity contribution in [1.82, 2.24) is 25.5 Å². The van der Waals surface area contributed by atoms with Crippen LogP contribution in [0, 0.1) is 11.3 Å². The van der Waals surface area contributed by atoms with Crippen LogP contribution in [-0.4, -0.2) is 38.4 Å². The first-order chi connectivity index (χ1) is 13.0. The van der Waals surface area contributed by atoms with Gasteiger partial charge in [0.25, 0.3) is 0 Å². The molecule has 9 nitrogen and oxygen atoms in total. The zero-order valence-corrected chi connectivity index (χ0v) is 15.4. The average molecular weight is 369 g/mol. The number of aromatic nitrogens is 4. The highest BCUT2D eigenvalue weighted by Gasteiger charge is 2.30. The fourth-order valence-corrected chi connectivity index (χ4v) is 3.08. The number of amides is 1. The van der Waals surface area contributed by atoms with Gasteiger partial charge in [-0.15, -0.1) is 0 Å². The normalized spacial score (nSPS) is 18.9. The van der Waals surface area contributed by atoms with Crippen molar-refractivity contribution in [3.05, 3.63) is 29.8 Å². The molecule has 2 aromatic rings. The van der Waals surface area contributed by atoms with Crippen molar-refractivity contribution in [2.75, 3.05) is 5.32 Å². The van der Waals surface area contributed by atoms with E-state index in [1.165, 1.54) is 0 Å². The zero-order chi connectivity index (χ0) is 19.2. The number of aromatic amines is 1. The van der Waals surface area contributed by atoms with Crippen LogP contribution in [0.2, 0.25) is 0 Å². The first-order valence-corrected chi connectivity index (χ1v) is 9.01. The molecule has 1 amide bonds. The van der Waals surface area contributed by atoms with Gasteiger partial charge in [-0.2, -0.15) is 10.4 Å². The number of carbonyl (C=O) groups excluding carboxylic acids is 1. The zero-order valence-electron chi connectivity index (χ0n) is 15.4. The van der Waals surface area contributed by atoms with Crippen LogP contribution >= 0.6 is 0 Å². The van der Waals surface area contributed by atoms with E-state index in [2.05, 4.69) is 30.8 Å². The topological polar surface area (TPSA) is 129 Å². The largest absolute Gasteiger partial charge is 0.446 e. The number of hydrogen-bond acceptors (Lipinski definition) is 7. The minimum absolute atomic E-state index is 0.0630. The van der Waals surface area contributed by atoms with E-state index in [0.29, 0.717) is 17.3 Å². The van der Waals surface area contributed by atoms with Crippen LogP contribution in [0.1, 0.15) is 50.4 Å². The molecule has 1 aliphatic carbocycles. The molecule has 0 radical (unpaired) electrons. The van der Waals surface area contributed by atoms with Crippen molar-refractivity contribution in [2.24, 2.45) is 0 Å². The summed E-state index contributed by atoms with van der Waals surface area (Å²) in [5.74, 6) is 1.48. The molecule has 0 spiro atoms. The highest BCUT2D eigenvalue weighted by Crippen LogP contribution is 2.36. The van der Waals surface area contributed by atoms with E-state index in [4.69, 9.17) is 10.00 Å². The fraction of sp³-hybridized carbons (Fsp3) is 0.500. The number of hydrogen-bond donors (Lipinski definition) is 3. The number of nitrogens with one attached hydrogen (secondary N) is 3. The summed E-state index contributed by atoms with van der Waals surface area (Å²) in [7, 11) is 0. The summed E-state index contributed by atoms with van der Waals surface area (Å²) < 4.78 is 5.47. The van der Waals surface area contributed by atoms with Gasteiger partial charge in [-0.05, 0) is 33.1 Å². The van der Waals surface area contributed by atoms with Crippen LogP contribution in [0.15, 0.2) is 18.5 Å². The minimum atomic E-state index is -0.360. The summed E-state index contributed by atoms with van der Waals surface area (Å²) in [5.41, 5.74) is 1.63. The maximum absolute atomic E-state index is 11.7. The molecular weight excluding hydrogens is 346 g/mol. The first kappa shape index (κ1) is 18.6. The number of nitriles is 1. The smallest absolute Gasteiger partial charge is 0.407 e. The van der Waals surface area contributed by atoms with Gasteiger partial charge < -0.3 is 15.4 Å². The molecule has 1 aliphatic rings. The summed E-state index contributed by atoms with van der Waals surface area (Å²) in [6.07, 6.45) is 5.49. The molecule has 2 aromatic heterocycles. The third kappa shape index (κ3) is 5.17. The molecule has 2 heterocycles. The van der Waals surface area contributed by atoms with Crippen LogP contribution in [0.4, 0.5) is 16.4 Å². The molecule has 27 heavy (non-hydrogen) atoms. The van der Waals surface area contributed by atoms with Crippen LogP contribution in [0.25, 0.3) is 0 Å². The highest BCUT2D eigenvalue weighted by atomic mass is 16.6. The predicted molar refractivity (Wildman–Crippen MR) is 98.4 cm³/mol. The summed E-state index contributed by atoms with van der Waals surface area (Å²) in [5, 5.41) is 21.8. The van der Waals surface area contributed by atoms with Crippen molar-refractivity contribution >= 4 is 17.7 Å². The second-order valence-electron chi connectivity index (χ2n) is 6.90. The van der Waals surface area contributed by atoms with Gasteiger partial charge in [-0.25, -0.2) is 9.78 Å². The molecule has 3 rings (SSSR count). The predicted octanol–water partition coefficient (Wildman–Crippen LogP) is 2.78. The quantitative estimate of drug-likeness (QED) is 0.714. The molecule has 0 unspecified atom stereocenters. The second kappa shape index (κ2) is 8.49. The van der Waals surface area contributed by atoms with Gasteiger partial charge in [-0.3, -0.25) is 10.1 Å². The van der Waals surface area contributed by atoms with Crippen LogP contribution in [0.5, 0.6) is 0 Å². The summed E-state index contributed by atoms with van der Waals surface area (Å²) >= 11 is 0. The molecule has 1 fully saturated rings. The van der Waals surface area contributed by atoms with Gasteiger partial charge in [0.15, 0.2) is 5.82 Å². The molecule has 0 saturated heterocycles. The lowest BCUT2D eigenvalue weighted by molar-refractivity contribution is 0.0981. The van der Waals surface area contributed by atoms with Gasteiger partial charge in [0.2, 0.25) is 0 Å². The SMILES string of the molecule is CC(C)NC(=O)O[C@@H]1CC[C@H](c2cc(Nc3cnc(CC#N)cn3)n[nH]2)C1. The van der Waals surface area contributed by atoms with Crippen molar-refractivity contribution < 1.29 is 9.53 Å². The van der Waals surface area contributed by atoms with E-state index >= 15 is 0 Å². The monoisotopic (exact) mass is 369 g/mol. The Morgan fingerprint density at radius 1 is 1.37 bits per heavy atom. The Morgan fingerprint density at radius 3 is 2.93 bits per heavy atom. The van der Waals surface area contributed by atoms with Gasteiger partial charge >= 0.3 is 6.09 Å². The Labute approximate surface area is 157 Å². The third-order valence-corrected chi connectivity index (χ3v) is 4.32. The number of H-pyrrole nitrogens is 1. The molecule has 1 saturated carbocycles. The number of anilines is 2. The number of alkyl carbamates (subject to hydrolysis) is 1. The number of rotatable bonds is 6. The molecule has 2 atom stereocenters. The Morgan fingerprint density at radius 2 is 2.22 bits per heavy atom. The molecule has 0 aromatic carbocycles. The van der Waals surface area contributed by atoms with E-state index in [1.54, 1.807) is 12.4 Å². The van der Waals surface area contributed by atoms with E-state index < -0.39 is 0 Å². The van der Waals surface area contributed by atoms with Crippen molar-refractivity contribution in [3.63, 3.8) is 0 Å².